The minimum absolute atomic E-state index is 0.172. The van der Waals surface area contributed by atoms with Crippen molar-refractivity contribution in [3.8, 4) is 0 Å². The maximum absolute atomic E-state index is 11.7. The van der Waals surface area contributed by atoms with Crippen LogP contribution >= 0.6 is 0 Å². The predicted molar refractivity (Wildman–Crippen MR) is 71.3 cm³/mol. The molecule has 0 aromatic carbocycles. The molecule has 0 radical (unpaired) electrons. The molecule has 1 aromatic rings. The molecule has 1 aliphatic carbocycles. The predicted octanol–water partition coefficient (Wildman–Crippen LogP) is 2.06. The zero-order valence-electron chi connectivity index (χ0n) is 11.4. The lowest BCUT2D eigenvalue weighted by atomic mass is 9.85. The Labute approximate surface area is 109 Å². The average Bonchev–Trinajstić information content (AvgIpc) is 2.65. The second kappa shape index (κ2) is 6.03. The van der Waals surface area contributed by atoms with Gasteiger partial charge in [-0.25, -0.2) is 0 Å². The molecule has 1 N–H and O–H groups in total. The van der Waals surface area contributed by atoms with Crippen molar-refractivity contribution < 1.29 is 4.79 Å². The van der Waals surface area contributed by atoms with Crippen LogP contribution in [0.4, 0.5) is 0 Å². The molecule has 4 heteroatoms. The average molecular weight is 249 g/mol. The first-order valence-electron chi connectivity index (χ1n) is 6.98. The van der Waals surface area contributed by atoms with Crippen LogP contribution in [0, 0.1) is 12.8 Å². The van der Waals surface area contributed by atoms with E-state index in [9.17, 15) is 4.79 Å². The molecular formula is C14H23N3O. The van der Waals surface area contributed by atoms with Gasteiger partial charge in [-0.05, 0) is 44.6 Å². The van der Waals surface area contributed by atoms with Gasteiger partial charge in [0.25, 0.3) is 0 Å². The normalized spacial score (nSPS) is 15.4. The molecule has 1 saturated carbocycles. The Hall–Kier alpha value is -1.32. The Bertz CT molecular complexity index is 407. The van der Waals surface area contributed by atoms with Crippen LogP contribution < -0.4 is 5.32 Å². The fraction of sp³-hybridized carbons (Fsp3) is 0.714. The highest BCUT2D eigenvalue weighted by Gasteiger charge is 2.17. The van der Waals surface area contributed by atoms with Gasteiger partial charge >= 0.3 is 0 Å². The molecule has 0 atom stereocenters. The van der Waals surface area contributed by atoms with E-state index in [0.29, 0.717) is 6.42 Å². The van der Waals surface area contributed by atoms with Crippen molar-refractivity contribution in [3.05, 3.63) is 17.5 Å². The summed E-state index contributed by atoms with van der Waals surface area (Å²) in [7, 11) is 0. The van der Waals surface area contributed by atoms with Crippen LogP contribution in [0.5, 0.6) is 0 Å². The molecule has 0 saturated heterocycles. The zero-order chi connectivity index (χ0) is 13.0. The number of hydrogen-bond donors (Lipinski definition) is 1. The van der Waals surface area contributed by atoms with Crippen LogP contribution in [0.15, 0.2) is 6.20 Å². The van der Waals surface area contributed by atoms with Crippen LogP contribution in [-0.2, 0) is 17.8 Å². The van der Waals surface area contributed by atoms with Crippen LogP contribution in [0.1, 0.15) is 43.9 Å². The van der Waals surface area contributed by atoms with Gasteiger partial charge in [0.1, 0.15) is 0 Å². The third-order valence-electron chi connectivity index (χ3n) is 3.81. The maximum atomic E-state index is 11.7. The number of hydrogen-bond acceptors (Lipinski definition) is 2. The van der Waals surface area contributed by atoms with E-state index < -0.39 is 0 Å². The van der Waals surface area contributed by atoms with E-state index in [0.717, 1.165) is 31.1 Å². The van der Waals surface area contributed by atoms with Crippen molar-refractivity contribution in [2.45, 2.75) is 52.5 Å². The summed E-state index contributed by atoms with van der Waals surface area (Å²) in [4.78, 5) is 11.7. The van der Waals surface area contributed by atoms with Crippen LogP contribution in [0.3, 0.4) is 0 Å². The fourth-order valence-corrected chi connectivity index (χ4v) is 2.26. The number of nitrogens with zero attached hydrogens (tertiary/aromatic N) is 2. The summed E-state index contributed by atoms with van der Waals surface area (Å²) in [6.07, 6.45) is 7.31. The zero-order valence-corrected chi connectivity index (χ0v) is 11.4. The number of aromatic nitrogens is 2. The van der Waals surface area contributed by atoms with Crippen LogP contribution in [0.25, 0.3) is 0 Å². The van der Waals surface area contributed by atoms with Gasteiger partial charge in [-0.3, -0.25) is 9.48 Å². The van der Waals surface area contributed by atoms with Gasteiger partial charge in [0.15, 0.2) is 0 Å². The summed E-state index contributed by atoms with van der Waals surface area (Å²) in [6, 6.07) is 0. The molecule has 2 rings (SSSR count). The Kier molecular flexibility index (Phi) is 4.39. The van der Waals surface area contributed by atoms with Crippen LogP contribution in [0.2, 0.25) is 0 Å². The molecule has 1 aromatic heterocycles. The van der Waals surface area contributed by atoms with Crippen LogP contribution in [-0.4, -0.2) is 22.2 Å². The van der Waals surface area contributed by atoms with Crippen molar-refractivity contribution in [2.75, 3.05) is 6.54 Å². The largest absolute Gasteiger partial charge is 0.356 e. The van der Waals surface area contributed by atoms with Gasteiger partial charge in [-0.2, -0.15) is 5.10 Å². The monoisotopic (exact) mass is 249 g/mol. The van der Waals surface area contributed by atoms with E-state index in [-0.39, 0.29) is 5.91 Å². The second-order valence-electron chi connectivity index (χ2n) is 5.20. The summed E-state index contributed by atoms with van der Waals surface area (Å²) in [5.41, 5.74) is 2.24. The fourth-order valence-electron chi connectivity index (χ4n) is 2.26. The van der Waals surface area contributed by atoms with Gasteiger partial charge in [0, 0.05) is 25.7 Å². The molecule has 1 amide bonds. The maximum Gasteiger partial charge on any atom is 0.220 e. The van der Waals surface area contributed by atoms with Gasteiger partial charge in [-0.15, -0.1) is 0 Å². The standard InChI is InChI=1S/C14H23N3O/c1-3-17-10-13(11(2)16-17)7-8-14(18)15-9-12-5-4-6-12/h10,12H,3-9H2,1-2H3,(H,15,18). The highest BCUT2D eigenvalue weighted by Crippen LogP contribution is 2.25. The lowest BCUT2D eigenvalue weighted by Crippen LogP contribution is -2.32. The van der Waals surface area contributed by atoms with E-state index in [2.05, 4.69) is 23.5 Å². The third-order valence-corrected chi connectivity index (χ3v) is 3.81. The number of aryl methyl sites for hydroxylation is 3. The summed E-state index contributed by atoms with van der Waals surface area (Å²) in [5, 5.41) is 7.42. The quantitative estimate of drug-likeness (QED) is 0.839. The first-order valence-corrected chi connectivity index (χ1v) is 6.98. The molecule has 0 aliphatic heterocycles. The minimum atomic E-state index is 0.172. The lowest BCUT2D eigenvalue weighted by Gasteiger charge is -2.25. The molecule has 1 heterocycles. The summed E-state index contributed by atoms with van der Waals surface area (Å²) in [6.45, 7) is 5.83. The Morgan fingerprint density at radius 3 is 2.89 bits per heavy atom. The highest BCUT2D eigenvalue weighted by molar-refractivity contribution is 5.76. The summed E-state index contributed by atoms with van der Waals surface area (Å²) >= 11 is 0. The number of nitrogens with one attached hydrogen (secondary N) is 1. The van der Waals surface area contributed by atoms with E-state index in [1.54, 1.807) is 0 Å². The molecular weight excluding hydrogens is 226 g/mol. The Morgan fingerprint density at radius 2 is 2.33 bits per heavy atom. The van der Waals surface area contributed by atoms with Gasteiger partial charge in [0.2, 0.25) is 5.91 Å². The van der Waals surface area contributed by atoms with E-state index in [1.165, 1.54) is 24.8 Å². The highest BCUT2D eigenvalue weighted by atomic mass is 16.1. The van der Waals surface area contributed by atoms with Gasteiger partial charge < -0.3 is 5.32 Å². The van der Waals surface area contributed by atoms with Crippen molar-refractivity contribution in [3.63, 3.8) is 0 Å². The third kappa shape index (κ3) is 3.34. The molecule has 1 aliphatic rings. The smallest absolute Gasteiger partial charge is 0.220 e. The number of carbonyl (C=O) groups excluding carboxylic acids is 1. The topological polar surface area (TPSA) is 46.9 Å². The van der Waals surface area contributed by atoms with Crippen molar-refractivity contribution in [1.29, 1.82) is 0 Å². The molecule has 0 unspecified atom stereocenters. The first-order chi connectivity index (χ1) is 8.69. The molecule has 4 nitrogen and oxygen atoms in total. The first kappa shape index (κ1) is 13.1. The number of carbonyl (C=O) groups is 1. The molecule has 18 heavy (non-hydrogen) atoms. The SMILES string of the molecule is CCn1cc(CCC(=O)NCC2CCC2)c(C)n1. The van der Waals surface area contributed by atoms with Gasteiger partial charge in [0.05, 0.1) is 5.69 Å². The minimum Gasteiger partial charge on any atom is -0.356 e. The summed E-state index contributed by atoms with van der Waals surface area (Å²) in [5.74, 6) is 0.907. The van der Waals surface area contributed by atoms with Crippen molar-refractivity contribution >= 4 is 5.91 Å². The van der Waals surface area contributed by atoms with E-state index >= 15 is 0 Å². The van der Waals surface area contributed by atoms with E-state index in [4.69, 9.17) is 0 Å². The molecule has 1 fully saturated rings. The van der Waals surface area contributed by atoms with Crippen molar-refractivity contribution in [1.82, 2.24) is 15.1 Å². The Morgan fingerprint density at radius 1 is 1.56 bits per heavy atom. The molecule has 0 bridgehead atoms. The molecule has 0 spiro atoms. The van der Waals surface area contributed by atoms with Gasteiger partial charge in [-0.1, -0.05) is 6.42 Å². The summed E-state index contributed by atoms with van der Waals surface area (Å²) < 4.78 is 1.93. The second-order valence-corrected chi connectivity index (χ2v) is 5.20. The van der Waals surface area contributed by atoms with Crippen molar-refractivity contribution in [2.24, 2.45) is 5.92 Å². The van der Waals surface area contributed by atoms with E-state index in [1.807, 2.05) is 11.6 Å². The molecule has 100 valence electrons. The number of amides is 1. The Balaban J connectivity index is 1.72. The number of rotatable bonds is 6. The lowest BCUT2D eigenvalue weighted by molar-refractivity contribution is -0.121.